The monoisotopic (exact) mass is 498 g/mol. The van der Waals surface area contributed by atoms with Crippen molar-refractivity contribution >= 4 is 11.4 Å². The standard InChI is InChI=1S/C27H34N10/c1-26(2)15-34(20-36(17-26)32-30-24-11-7-5-9-22(24)13-28)19-35-16-27(3,4)18-37(21-35)33-31-25-12-8-6-10-23(25)14-29/h5-12H,15-21H2,1-4H3. The van der Waals surface area contributed by atoms with Crippen molar-refractivity contribution in [3.05, 3.63) is 59.7 Å². The van der Waals surface area contributed by atoms with Crippen LogP contribution in [0.1, 0.15) is 38.8 Å². The molecule has 2 fully saturated rings. The van der Waals surface area contributed by atoms with E-state index in [-0.39, 0.29) is 10.8 Å². The summed E-state index contributed by atoms with van der Waals surface area (Å²) < 4.78 is 0. The van der Waals surface area contributed by atoms with Crippen LogP contribution >= 0.6 is 0 Å². The number of nitrogens with zero attached hydrogens (tertiary/aromatic N) is 10. The zero-order valence-electron chi connectivity index (χ0n) is 22.0. The summed E-state index contributed by atoms with van der Waals surface area (Å²) in [4.78, 5) is 4.75. The molecule has 0 spiro atoms. The molecule has 0 amide bonds. The molecule has 2 aromatic rings. The predicted molar refractivity (Wildman–Crippen MR) is 140 cm³/mol. The van der Waals surface area contributed by atoms with Gasteiger partial charge < -0.3 is 0 Å². The van der Waals surface area contributed by atoms with E-state index in [9.17, 15) is 10.5 Å². The lowest BCUT2D eigenvalue weighted by Crippen LogP contribution is -2.58. The van der Waals surface area contributed by atoms with E-state index in [2.05, 4.69) is 70.3 Å². The third-order valence-corrected chi connectivity index (χ3v) is 6.26. The Morgan fingerprint density at radius 1 is 0.676 bits per heavy atom. The average Bonchev–Trinajstić information content (AvgIpc) is 2.84. The van der Waals surface area contributed by atoms with Gasteiger partial charge in [-0.1, -0.05) is 62.4 Å². The van der Waals surface area contributed by atoms with Crippen LogP contribution < -0.4 is 0 Å². The molecule has 2 saturated heterocycles. The van der Waals surface area contributed by atoms with Crippen molar-refractivity contribution in [3.63, 3.8) is 0 Å². The van der Waals surface area contributed by atoms with Gasteiger partial charge in [-0.2, -0.15) is 10.5 Å². The van der Waals surface area contributed by atoms with E-state index in [4.69, 9.17) is 0 Å². The molecular weight excluding hydrogens is 464 g/mol. The molecule has 0 aromatic heterocycles. The number of benzene rings is 2. The number of hydrogen-bond donors (Lipinski definition) is 0. The molecule has 0 atom stereocenters. The van der Waals surface area contributed by atoms with E-state index < -0.39 is 0 Å². The van der Waals surface area contributed by atoms with Crippen LogP contribution in [-0.4, -0.2) is 66.0 Å². The molecule has 2 aromatic carbocycles. The van der Waals surface area contributed by atoms with Gasteiger partial charge in [0.1, 0.15) is 23.5 Å². The van der Waals surface area contributed by atoms with Crippen LogP contribution in [0.25, 0.3) is 0 Å². The van der Waals surface area contributed by atoms with Gasteiger partial charge in [-0.15, -0.1) is 10.2 Å². The van der Waals surface area contributed by atoms with E-state index in [1.54, 1.807) is 12.1 Å². The lowest BCUT2D eigenvalue weighted by molar-refractivity contribution is -0.0654. The fourth-order valence-electron chi connectivity index (χ4n) is 5.09. The van der Waals surface area contributed by atoms with E-state index in [0.717, 1.165) is 32.8 Å². The van der Waals surface area contributed by atoms with Gasteiger partial charge in [0.05, 0.1) is 31.1 Å². The molecule has 0 saturated carbocycles. The summed E-state index contributed by atoms with van der Waals surface area (Å²) in [6.07, 6.45) is 0. The lowest BCUT2D eigenvalue weighted by atomic mass is 9.90. The Labute approximate surface area is 219 Å². The lowest BCUT2D eigenvalue weighted by Gasteiger charge is -2.47. The quantitative estimate of drug-likeness (QED) is 0.501. The molecule has 10 nitrogen and oxygen atoms in total. The molecule has 0 bridgehead atoms. The minimum atomic E-state index is 0.0255. The maximum Gasteiger partial charge on any atom is 0.105 e. The Balaban J connectivity index is 1.44. The third-order valence-electron chi connectivity index (χ3n) is 6.26. The van der Waals surface area contributed by atoms with E-state index in [1.165, 1.54) is 0 Å². The van der Waals surface area contributed by atoms with Crippen LogP contribution in [0.15, 0.2) is 69.2 Å². The highest BCUT2D eigenvalue weighted by Gasteiger charge is 2.35. The molecule has 2 aliphatic rings. The van der Waals surface area contributed by atoms with Gasteiger partial charge in [-0.05, 0) is 35.1 Å². The SMILES string of the molecule is CC1(C)CN(CN2CN(N=Nc3ccccc3C#N)CC(C)(C)C2)CN(N=Nc2ccccc2C#N)C1. The normalized spacial score (nSPS) is 20.3. The van der Waals surface area contributed by atoms with Crippen LogP contribution in [0.5, 0.6) is 0 Å². The Morgan fingerprint density at radius 3 is 1.49 bits per heavy atom. The molecule has 192 valence electrons. The summed E-state index contributed by atoms with van der Waals surface area (Å²) in [6, 6.07) is 18.9. The van der Waals surface area contributed by atoms with Gasteiger partial charge >= 0.3 is 0 Å². The van der Waals surface area contributed by atoms with Crippen LogP contribution in [0.2, 0.25) is 0 Å². The highest BCUT2D eigenvalue weighted by Crippen LogP contribution is 2.29. The van der Waals surface area contributed by atoms with Gasteiger partial charge in [0.15, 0.2) is 0 Å². The van der Waals surface area contributed by atoms with Gasteiger partial charge in [0, 0.05) is 26.2 Å². The molecule has 2 aliphatic heterocycles. The van der Waals surface area contributed by atoms with Crippen LogP contribution in [0.3, 0.4) is 0 Å². The minimum absolute atomic E-state index is 0.0255. The Bertz CT molecular complexity index is 1140. The third kappa shape index (κ3) is 7.10. The fraction of sp³-hybridized carbons (Fsp3) is 0.481. The topological polar surface area (TPSA) is 110 Å². The van der Waals surface area contributed by atoms with Crippen molar-refractivity contribution in [2.24, 2.45) is 31.5 Å². The molecule has 10 heteroatoms. The number of rotatable bonds is 6. The van der Waals surface area contributed by atoms with Crippen molar-refractivity contribution in [3.8, 4) is 12.1 Å². The fourth-order valence-corrected chi connectivity index (χ4v) is 5.09. The van der Waals surface area contributed by atoms with Gasteiger partial charge in [-0.3, -0.25) is 19.8 Å². The van der Waals surface area contributed by atoms with Crippen molar-refractivity contribution in [2.75, 3.05) is 46.2 Å². The first-order valence-corrected chi connectivity index (χ1v) is 12.4. The van der Waals surface area contributed by atoms with Gasteiger partial charge in [0.25, 0.3) is 0 Å². The maximum atomic E-state index is 9.34. The number of nitriles is 2. The minimum Gasteiger partial charge on any atom is -0.271 e. The van der Waals surface area contributed by atoms with E-state index >= 15 is 0 Å². The highest BCUT2D eigenvalue weighted by molar-refractivity contribution is 5.52. The smallest absolute Gasteiger partial charge is 0.105 e. The van der Waals surface area contributed by atoms with Crippen molar-refractivity contribution in [1.82, 2.24) is 19.8 Å². The molecule has 0 unspecified atom stereocenters. The van der Waals surface area contributed by atoms with Crippen LogP contribution in [0, 0.1) is 33.5 Å². The summed E-state index contributed by atoms with van der Waals surface area (Å²) in [5.74, 6) is 0. The highest BCUT2D eigenvalue weighted by atomic mass is 15.6. The summed E-state index contributed by atoms with van der Waals surface area (Å²) in [6.45, 7) is 14.4. The molecule has 4 rings (SSSR count). The second kappa shape index (κ2) is 11.0. The molecule has 0 radical (unpaired) electrons. The average molecular weight is 499 g/mol. The number of hydrogen-bond acceptors (Lipinski definition) is 8. The molecule has 2 heterocycles. The van der Waals surface area contributed by atoms with Crippen molar-refractivity contribution in [1.29, 1.82) is 10.5 Å². The second-order valence-electron chi connectivity index (χ2n) is 11.4. The van der Waals surface area contributed by atoms with Gasteiger partial charge in [-0.25, -0.2) is 0 Å². The Kier molecular flexibility index (Phi) is 7.82. The van der Waals surface area contributed by atoms with Crippen LogP contribution in [-0.2, 0) is 0 Å². The summed E-state index contributed by atoms with van der Waals surface area (Å²) in [7, 11) is 0. The van der Waals surface area contributed by atoms with E-state index in [1.807, 2.05) is 46.4 Å². The van der Waals surface area contributed by atoms with E-state index in [0.29, 0.717) is 35.8 Å². The molecule has 0 aliphatic carbocycles. The second-order valence-corrected chi connectivity index (χ2v) is 11.4. The molecule has 0 N–H and O–H groups in total. The van der Waals surface area contributed by atoms with Crippen molar-refractivity contribution in [2.45, 2.75) is 27.7 Å². The summed E-state index contributed by atoms with van der Waals surface area (Å²) >= 11 is 0. The largest absolute Gasteiger partial charge is 0.271 e. The molecular formula is C27H34N10. The van der Waals surface area contributed by atoms with Crippen LogP contribution in [0.4, 0.5) is 11.4 Å². The molecule has 37 heavy (non-hydrogen) atoms. The van der Waals surface area contributed by atoms with Gasteiger partial charge in [0.2, 0.25) is 0 Å². The first kappa shape index (κ1) is 26.2. The zero-order chi connectivity index (χ0) is 26.5. The Hall–Kier alpha value is -3.86. The first-order valence-electron chi connectivity index (χ1n) is 12.4. The van der Waals surface area contributed by atoms with Crippen molar-refractivity contribution < 1.29 is 0 Å². The zero-order valence-corrected chi connectivity index (χ0v) is 22.0. The first-order chi connectivity index (χ1) is 17.7. The summed E-state index contributed by atoms with van der Waals surface area (Å²) in [5, 5.41) is 40.4. The predicted octanol–water partition coefficient (Wildman–Crippen LogP) is 5.29. The summed E-state index contributed by atoms with van der Waals surface area (Å²) in [5.41, 5.74) is 2.24. The maximum absolute atomic E-state index is 9.34. The Morgan fingerprint density at radius 2 is 1.08 bits per heavy atom.